The van der Waals surface area contributed by atoms with Gasteiger partial charge in [-0.3, -0.25) is 4.79 Å². The molecule has 1 fully saturated rings. The molecule has 0 saturated carbocycles. The number of nitrogen functional groups attached to an aromatic ring is 1. The number of aromatic hydroxyl groups is 1. The molecule has 2 heterocycles. The molecule has 184 valence electrons. The molecule has 4 rings (SSSR count). The number of nitrogens with two attached hydrogens (primary N) is 1. The van der Waals surface area contributed by atoms with Crippen LogP contribution in [-0.2, 0) is 6.42 Å². The van der Waals surface area contributed by atoms with Gasteiger partial charge in [-0.25, -0.2) is 4.98 Å². The standard InChI is InChI=1S/C27H33N5O3/c1-19(29-18-25(34)22-9-10-26(28)30-17-22)15-20-5-4-6-21(16-20)27(35)32-13-11-31(12-14-32)23-7-2-3-8-24(23)33/h2-10,16-17,19,25,29,33-34H,11-15,18H2,1H3,(H2,28,30)/t19-,25-/m1/s1. The SMILES string of the molecule is C[C@H](Cc1cccc(C(=O)N2CCN(c3ccccc3O)CC2)c1)NC[C@@H](O)c1ccc(N)nc1. The van der Waals surface area contributed by atoms with E-state index in [1.807, 2.05) is 47.4 Å². The van der Waals surface area contributed by atoms with Crippen molar-refractivity contribution in [3.63, 3.8) is 0 Å². The molecule has 1 aliphatic heterocycles. The Bertz CT molecular complexity index is 1130. The van der Waals surface area contributed by atoms with Crippen LogP contribution in [0.15, 0.2) is 66.9 Å². The third-order valence-corrected chi connectivity index (χ3v) is 6.36. The zero-order valence-electron chi connectivity index (χ0n) is 20.0. The fourth-order valence-electron chi connectivity index (χ4n) is 4.37. The summed E-state index contributed by atoms with van der Waals surface area (Å²) in [4.78, 5) is 21.1. The van der Waals surface area contributed by atoms with Gasteiger partial charge in [0.2, 0.25) is 0 Å². The molecule has 0 bridgehead atoms. The summed E-state index contributed by atoms with van der Waals surface area (Å²) in [6.07, 6.45) is 1.65. The number of phenolic OH excluding ortho intramolecular Hbond substituents is 1. The van der Waals surface area contributed by atoms with E-state index in [-0.39, 0.29) is 17.7 Å². The van der Waals surface area contributed by atoms with Gasteiger partial charge in [0.25, 0.3) is 5.91 Å². The number of piperazine rings is 1. The molecule has 2 atom stereocenters. The van der Waals surface area contributed by atoms with Crippen molar-refractivity contribution in [3.05, 3.63) is 83.6 Å². The second kappa shape index (κ2) is 11.2. The van der Waals surface area contributed by atoms with E-state index in [0.29, 0.717) is 49.7 Å². The first-order valence-corrected chi connectivity index (χ1v) is 11.9. The minimum atomic E-state index is -0.671. The average Bonchev–Trinajstić information content (AvgIpc) is 2.88. The van der Waals surface area contributed by atoms with Crippen molar-refractivity contribution >= 4 is 17.4 Å². The van der Waals surface area contributed by atoms with Crippen molar-refractivity contribution in [3.8, 4) is 5.75 Å². The Morgan fingerprint density at radius 1 is 1.09 bits per heavy atom. The predicted octanol–water partition coefficient (Wildman–Crippen LogP) is 2.59. The number of hydrogen-bond acceptors (Lipinski definition) is 7. The lowest BCUT2D eigenvalue weighted by atomic mass is 10.0. The monoisotopic (exact) mass is 475 g/mol. The van der Waals surface area contributed by atoms with Gasteiger partial charge in [-0.15, -0.1) is 0 Å². The van der Waals surface area contributed by atoms with E-state index in [9.17, 15) is 15.0 Å². The molecule has 0 spiro atoms. The van der Waals surface area contributed by atoms with E-state index in [2.05, 4.69) is 22.1 Å². The molecule has 1 aliphatic rings. The molecule has 1 aromatic heterocycles. The summed E-state index contributed by atoms with van der Waals surface area (Å²) in [5, 5.41) is 23.8. The quantitative estimate of drug-likeness (QED) is 0.396. The lowest BCUT2D eigenvalue weighted by molar-refractivity contribution is 0.0746. The minimum absolute atomic E-state index is 0.0238. The molecule has 2 aromatic carbocycles. The number of hydrogen-bond donors (Lipinski definition) is 4. The molecule has 35 heavy (non-hydrogen) atoms. The molecular formula is C27H33N5O3. The largest absolute Gasteiger partial charge is 0.506 e. The number of anilines is 2. The maximum Gasteiger partial charge on any atom is 0.253 e. The summed E-state index contributed by atoms with van der Waals surface area (Å²) >= 11 is 0. The molecule has 0 aliphatic carbocycles. The molecule has 8 nitrogen and oxygen atoms in total. The maximum absolute atomic E-state index is 13.1. The van der Waals surface area contributed by atoms with E-state index in [0.717, 1.165) is 17.7 Å². The predicted molar refractivity (Wildman–Crippen MR) is 137 cm³/mol. The van der Waals surface area contributed by atoms with Gasteiger partial charge in [0.1, 0.15) is 11.6 Å². The van der Waals surface area contributed by atoms with Crippen molar-refractivity contribution in [1.29, 1.82) is 0 Å². The molecule has 8 heteroatoms. The molecule has 0 unspecified atom stereocenters. The van der Waals surface area contributed by atoms with Crippen LogP contribution in [0.3, 0.4) is 0 Å². The van der Waals surface area contributed by atoms with Crippen molar-refractivity contribution < 1.29 is 15.0 Å². The number of pyridine rings is 1. The minimum Gasteiger partial charge on any atom is -0.506 e. The molecule has 1 saturated heterocycles. The molecule has 0 radical (unpaired) electrons. The average molecular weight is 476 g/mol. The summed E-state index contributed by atoms with van der Waals surface area (Å²) in [5.41, 5.74) is 8.87. The lowest BCUT2D eigenvalue weighted by Crippen LogP contribution is -2.48. The van der Waals surface area contributed by atoms with Gasteiger partial charge in [-0.2, -0.15) is 0 Å². The van der Waals surface area contributed by atoms with Crippen LogP contribution in [0.25, 0.3) is 0 Å². The van der Waals surface area contributed by atoms with E-state index >= 15 is 0 Å². The van der Waals surface area contributed by atoms with Crippen molar-refractivity contribution in [2.75, 3.05) is 43.4 Å². The van der Waals surface area contributed by atoms with Crippen molar-refractivity contribution in [2.45, 2.75) is 25.5 Å². The number of nitrogens with zero attached hydrogens (tertiary/aromatic N) is 3. The number of aliphatic hydroxyl groups excluding tert-OH is 1. The van der Waals surface area contributed by atoms with Gasteiger partial charge in [0.15, 0.2) is 0 Å². The Morgan fingerprint density at radius 2 is 1.86 bits per heavy atom. The maximum atomic E-state index is 13.1. The van der Waals surface area contributed by atoms with Crippen molar-refractivity contribution in [1.82, 2.24) is 15.2 Å². The summed E-state index contributed by atoms with van der Waals surface area (Å²) in [7, 11) is 0. The first-order valence-electron chi connectivity index (χ1n) is 11.9. The smallest absolute Gasteiger partial charge is 0.253 e. The van der Waals surface area contributed by atoms with Gasteiger partial charge in [0, 0.05) is 56.1 Å². The van der Waals surface area contributed by atoms with Crippen LogP contribution in [0, 0.1) is 0 Å². The van der Waals surface area contributed by atoms with Crippen LogP contribution in [0.1, 0.15) is 34.5 Å². The third-order valence-electron chi connectivity index (χ3n) is 6.36. The topological polar surface area (TPSA) is 115 Å². The number of para-hydroxylation sites is 2. The fourth-order valence-corrected chi connectivity index (χ4v) is 4.37. The number of amides is 1. The molecule has 5 N–H and O–H groups in total. The Kier molecular flexibility index (Phi) is 7.84. The van der Waals surface area contributed by atoms with Crippen molar-refractivity contribution in [2.24, 2.45) is 0 Å². The van der Waals surface area contributed by atoms with Crippen LogP contribution < -0.4 is 16.0 Å². The van der Waals surface area contributed by atoms with Crippen LogP contribution >= 0.6 is 0 Å². The Morgan fingerprint density at radius 3 is 2.57 bits per heavy atom. The second-order valence-corrected chi connectivity index (χ2v) is 9.01. The number of nitrogens with one attached hydrogen (secondary N) is 1. The van der Waals surface area contributed by atoms with Gasteiger partial charge in [0.05, 0.1) is 11.8 Å². The van der Waals surface area contributed by atoms with Gasteiger partial charge in [-0.1, -0.05) is 30.3 Å². The van der Waals surface area contributed by atoms with Crippen LogP contribution in [-0.4, -0.2) is 64.8 Å². The first-order chi connectivity index (χ1) is 16.9. The number of phenols is 1. The summed E-state index contributed by atoms with van der Waals surface area (Å²) in [6.45, 7) is 5.01. The van der Waals surface area contributed by atoms with Crippen LogP contribution in [0.2, 0.25) is 0 Å². The highest BCUT2D eigenvalue weighted by Gasteiger charge is 2.23. The highest BCUT2D eigenvalue weighted by atomic mass is 16.3. The number of rotatable bonds is 8. The van der Waals surface area contributed by atoms with E-state index in [1.54, 1.807) is 24.4 Å². The highest BCUT2D eigenvalue weighted by molar-refractivity contribution is 5.94. The fraction of sp³-hybridized carbons (Fsp3) is 0.333. The number of aromatic nitrogens is 1. The number of benzene rings is 2. The van der Waals surface area contributed by atoms with Gasteiger partial charge in [-0.05, 0) is 49.2 Å². The Hall–Kier alpha value is -3.62. The second-order valence-electron chi connectivity index (χ2n) is 9.01. The molecule has 3 aromatic rings. The van der Waals surface area contributed by atoms with Crippen LogP contribution in [0.4, 0.5) is 11.5 Å². The zero-order chi connectivity index (χ0) is 24.8. The van der Waals surface area contributed by atoms with E-state index < -0.39 is 6.10 Å². The normalized spacial score (nSPS) is 15.6. The lowest BCUT2D eigenvalue weighted by Gasteiger charge is -2.36. The summed E-state index contributed by atoms with van der Waals surface area (Å²) in [6, 6.07) is 18.6. The third kappa shape index (κ3) is 6.29. The number of aliphatic hydroxyl groups is 1. The number of carbonyl (C=O) groups is 1. The Labute approximate surface area is 206 Å². The Balaban J connectivity index is 1.29. The molecule has 1 amide bonds. The molecular weight excluding hydrogens is 442 g/mol. The van der Waals surface area contributed by atoms with E-state index in [4.69, 9.17) is 5.73 Å². The van der Waals surface area contributed by atoms with Crippen LogP contribution in [0.5, 0.6) is 5.75 Å². The van der Waals surface area contributed by atoms with E-state index in [1.165, 1.54) is 0 Å². The van der Waals surface area contributed by atoms with Gasteiger partial charge >= 0.3 is 0 Å². The number of carbonyl (C=O) groups excluding carboxylic acids is 1. The highest BCUT2D eigenvalue weighted by Crippen LogP contribution is 2.27. The summed E-state index contributed by atoms with van der Waals surface area (Å²) in [5.74, 6) is 0.713. The van der Waals surface area contributed by atoms with Gasteiger partial charge < -0.3 is 31.1 Å². The summed E-state index contributed by atoms with van der Waals surface area (Å²) < 4.78 is 0. The first kappa shape index (κ1) is 24.5. The zero-order valence-corrected chi connectivity index (χ0v) is 20.0.